The minimum atomic E-state index is -0.741. The summed E-state index contributed by atoms with van der Waals surface area (Å²) in [6.45, 7) is 29.7. The highest BCUT2D eigenvalue weighted by Crippen LogP contribution is 2.59. The van der Waals surface area contributed by atoms with E-state index in [0.717, 1.165) is 0 Å². The van der Waals surface area contributed by atoms with E-state index in [2.05, 4.69) is 363 Å². The molecule has 90 heavy (non-hydrogen) atoms. The van der Waals surface area contributed by atoms with E-state index < -0.39 is 5.41 Å². The number of hydrogen-bond donors (Lipinski definition) is 0. The molecule has 0 amide bonds. The van der Waals surface area contributed by atoms with Crippen LogP contribution < -0.4 is 0 Å². The maximum absolute atomic E-state index is 2.52. The van der Waals surface area contributed by atoms with Crippen LogP contribution in [-0.2, 0) is 27.1 Å². The summed E-state index contributed by atoms with van der Waals surface area (Å²) in [5.74, 6) is 0. The van der Waals surface area contributed by atoms with Gasteiger partial charge >= 0.3 is 0 Å². The third kappa shape index (κ3) is 11.4. The zero-order chi connectivity index (χ0) is 62.9. The molecule has 0 aliphatic heterocycles. The van der Waals surface area contributed by atoms with Gasteiger partial charge in [-0.3, -0.25) is 0 Å². The van der Waals surface area contributed by atoms with Gasteiger partial charge in [0, 0.05) is 0 Å². The number of hydrogen-bond acceptors (Lipinski definition) is 0. The third-order valence-corrected chi connectivity index (χ3v) is 19.1. The van der Waals surface area contributed by atoms with Gasteiger partial charge in [-0.1, -0.05) is 307 Å². The molecule has 1 aliphatic rings. The van der Waals surface area contributed by atoms with E-state index in [1.807, 2.05) is 0 Å². The van der Waals surface area contributed by atoms with Gasteiger partial charge in [-0.2, -0.15) is 0 Å². The van der Waals surface area contributed by atoms with E-state index in [-0.39, 0.29) is 21.7 Å². The molecule has 0 heteroatoms. The highest BCUT2D eigenvalue weighted by atomic mass is 14.5. The van der Waals surface area contributed by atoms with E-state index in [1.165, 1.54) is 150 Å². The normalized spacial score (nSPS) is 13.0. The summed E-state index contributed by atoms with van der Waals surface area (Å²) in [6.07, 6.45) is 0. The topological polar surface area (TPSA) is 0 Å². The van der Waals surface area contributed by atoms with Gasteiger partial charge in [0.25, 0.3) is 0 Å². The van der Waals surface area contributed by atoms with Gasteiger partial charge < -0.3 is 0 Å². The Bertz CT molecular complexity index is 4260. The van der Waals surface area contributed by atoms with Crippen molar-refractivity contribution in [1.82, 2.24) is 0 Å². The van der Waals surface area contributed by atoms with Crippen LogP contribution in [-0.4, -0.2) is 0 Å². The minimum Gasteiger partial charge on any atom is -0.0622 e. The maximum Gasteiger partial charge on any atom is 0.0714 e. The Morgan fingerprint density at radius 3 is 0.911 bits per heavy atom. The predicted molar refractivity (Wildman–Crippen MR) is 387 cm³/mol. The Morgan fingerprint density at radius 2 is 0.522 bits per heavy atom. The molecule has 0 N–H and O–H groups in total. The monoisotopic (exact) mass is 1160 g/mol. The van der Waals surface area contributed by atoms with Gasteiger partial charge in [0.15, 0.2) is 0 Å². The lowest BCUT2D eigenvalue weighted by Crippen LogP contribution is -2.28. The van der Waals surface area contributed by atoms with Crippen LogP contribution >= 0.6 is 0 Å². The number of aryl methyl sites for hydroxylation is 1. The fraction of sp³-hybridized carbons (Fsp3) is 0.200. The second-order valence-corrected chi connectivity index (χ2v) is 29.5. The first kappa shape index (κ1) is 59.6. The fourth-order valence-corrected chi connectivity index (χ4v) is 13.8. The zero-order valence-electron chi connectivity index (χ0n) is 55.0. The van der Waals surface area contributed by atoms with Crippen LogP contribution in [0.25, 0.3) is 100 Å². The minimum absolute atomic E-state index is 0.0458. The van der Waals surface area contributed by atoms with Gasteiger partial charge in [0.2, 0.25) is 0 Å². The zero-order valence-corrected chi connectivity index (χ0v) is 55.0. The molecule has 0 spiro atoms. The van der Waals surface area contributed by atoms with Crippen molar-refractivity contribution < 1.29 is 0 Å². The van der Waals surface area contributed by atoms with Crippen molar-refractivity contribution in [2.45, 2.75) is 117 Å². The van der Waals surface area contributed by atoms with Crippen LogP contribution in [0.1, 0.15) is 133 Å². The average molecular weight is 1170 g/mol. The number of benzene rings is 12. The summed E-state index contributed by atoms with van der Waals surface area (Å²) in [4.78, 5) is 0. The molecule has 444 valence electrons. The van der Waals surface area contributed by atoms with Gasteiger partial charge in [0.05, 0.1) is 5.41 Å². The van der Waals surface area contributed by atoms with Crippen molar-refractivity contribution in [3.8, 4) is 100 Å². The summed E-state index contributed by atoms with van der Waals surface area (Å²) in [6, 6.07) is 105. The molecule has 12 aromatic carbocycles. The summed E-state index contributed by atoms with van der Waals surface area (Å²) in [7, 11) is 0. The summed E-state index contributed by atoms with van der Waals surface area (Å²) in [5, 5.41) is 0. The van der Waals surface area contributed by atoms with Crippen molar-refractivity contribution >= 4 is 0 Å². The van der Waals surface area contributed by atoms with Gasteiger partial charge in [-0.15, -0.1) is 0 Å². The second-order valence-electron chi connectivity index (χ2n) is 29.5. The molecular weight excluding hydrogens is 1080 g/mol. The van der Waals surface area contributed by atoms with Crippen molar-refractivity contribution in [3.63, 3.8) is 0 Å². The Kier molecular flexibility index (Phi) is 15.2. The molecule has 0 atom stereocenters. The van der Waals surface area contributed by atoms with E-state index >= 15 is 0 Å². The molecule has 13 rings (SSSR count). The van der Waals surface area contributed by atoms with E-state index in [0.29, 0.717) is 0 Å². The Morgan fingerprint density at radius 1 is 0.211 bits per heavy atom. The molecule has 12 aromatic rings. The summed E-state index contributed by atoms with van der Waals surface area (Å²) in [5.41, 5.74) is 32.7. The number of fused-ring (bicyclic) bond motifs is 3. The largest absolute Gasteiger partial charge is 0.0714 e. The van der Waals surface area contributed by atoms with Gasteiger partial charge in [-0.05, 0) is 228 Å². The third-order valence-electron chi connectivity index (χ3n) is 19.1. The highest BCUT2D eigenvalue weighted by molar-refractivity contribution is 5.97. The van der Waals surface area contributed by atoms with E-state index in [9.17, 15) is 0 Å². The average Bonchev–Trinajstić information content (AvgIpc) is 1.56. The Labute approximate surface area is 537 Å². The van der Waals surface area contributed by atoms with Crippen LogP contribution in [0.5, 0.6) is 0 Å². The van der Waals surface area contributed by atoms with Crippen molar-refractivity contribution in [2.24, 2.45) is 0 Å². The van der Waals surface area contributed by atoms with E-state index in [4.69, 9.17) is 0 Å². The van der Waals surface area contributed by atoms with Gasteiger partial charge in [-0.25, -0.2) is 0 Å². The standard InChI is InChI=1S/C90H84/c1-59-31-48-83-82(49-59)85-81(68-26-17-23-65(50-68)60-21-15-14-16-22-60)29-20-30-84(85)90(83,79-27-18-24-66(57-79)73-53-69(61-32-40-75(41-33-61)86(2,3)4)51-70(54-73)62-34-42-76(43-35-62)87(5,6)7)80-28-19-25-67(58-80)74-55-71(63-36-44-77(45-37-63)88(8,9)10)52-72(56-74)64-38-46-78(47-39-64)89(11,12)13/h14-58H,1-13H3. The number of rotatable bonds is 10. The first-order valence-corrected chi connectivity index (χ1v) is 32.4. The molecule has 0 nitrogen and oxygen atoms in total. The predicted octanol–water partition coefficient (Wildman–Crippen LogP) is 24.9. The van der Waals surface area contributed by atoms with Crippen LogP contribution in [0.4, 0.5) is 0 Å². The molecular formula is C90H84. The molecule has 1 aliphatic carbocycles. The fourth-order valence-electron chi connectivity index (χ4n) is 13.8. The maximum atomic E-state index is 2.52. The molecule has 0 unspecified atom stereocenters. The molecule has 0 saturated carbocycles. The van der Waals surface area contributed by atoms with Crippen LogP contribution in [0.15, 0.2) is 273 Å². The SMILES string of the molecule is Cc1ccc2c(c1)-c1c(-c3cccc(-c4ccccc4)c3)cccc1C2(c1cccc(-c2cc(-c3ccc(C(C)(C)C)cc3)cc(-c3ccc(C(C)(C)C)cc3)c2)c1)c1cccc(-c2cc(-c3ccc(C(C)(C)C)cc3)cc(-c3ccc(C(C)(C)C)cc3)c2)c1. The quantitative estimate of drug-likeness (QED) is 0.128. The molecule has 0 bridgehead atoms. The van der Waals surface area contributed by atoms with Crippen molar-refractivity contribution in [1.29, 1.82) is 0 Å². The first-order valence-electron chi connectivity index (χ1n) is 32.4. The first-order chi connectivity index (χ1) is 43.0. The molecule has 0 radical (unpaired) electrons. The lowest BCUT2D eigenvalue weighted by molar-refractivity contribution is 0.590. The Hall–Kier alpha value is -9.36. The smallest absolute Gasteiger partial charge is 0.0622 e. The molecule has 0 fully saturated rings. The van der Waals surface area contributed by atoms with Gasteiger partial charge in [0.1, 0.15) is 0 Å². The summed E-state index contributed by atoms with van der Waals surface area (Å²) < 4.78 is 0. The summed E-state index contributed by atoms with van der Waals surface area (Å²) >= 11 is 0. The Balaban J connectivity index is 1.05. The second kappa shape index (κ2) is 22.9. The van der Waals surface area contributed by atoms with Crippen molar-refractivity contribution in [2.75, 3.05) is 0 Å². The van der Waals surface area contributed by atoms with Crippen molar-refractivity contribution in [3.05, 3.63) is 323 Å². The van der Waals surface area contributed by atoms with Crippen LogP contribution in [0, 0.1) is 6.92 Å². The lowest BCUT2D eigenvalue weighted by atomic mass is 9.66. The highest BCUT2D eigenvalue weighted by Gasteiger charge is 2.47. The molecule has 0 saturated heterocycles. The lowest BCUT2D eigenvalue weighted by Gasteiger charge is -2.35. The van der Waals surface area contributed by atoms with Crippen LogP contribution in [0.3, 0.4) is 0 Å². The molecule has 0 heterocycles. The molecule has 0 aromatic heterocycles. The van der Waals surface area contributed by atoms with E-state index in [1.54, 1.807) is 0 Å². The van der Waals surface area contributed by atoms with Crippen LogP contribution in [0.2, 0.25) is 0 Å².